The molecule has 1 aromatic rings. The molecule has 0 aliphatic rings. The van der Waals surface area contributed by atoms with Crippen LogP contribution < -0.4 is 15.4 Å². The van der Waals surface area contributed by atoms with E-state index in [9.17, 15) is 4.79 Å². The monoisotopic (exact) mass is 328 g/mol. The Hall–Kier alpha value is -1.26. The van der Waals surface area contributed by atoms with Gasteiger partial charge in [0.05, 0.1) is 6.54 Å². The molecule has 0 unspecified atom stereocenters. The van der Waals surface area contributed by atoms with Crippen molar-refractivity contribution in [3.05, 3.63) is 29.8 Å². The number of carbonyl (C=O) groups excluding carboxylic acids is 1. The van der Waals surface area contributed by atoms with E-state index in [1.54, 1.807) is 0 Å². The molecule has 22 heavy (non-hydrogen) atoms. The topological polar surface area (TPSA) is 50.4 Å². The number of benzene rings is 1. The Morgan fingerprint density at radius 2 is 1.77 bits per heavy atom. The summed E-state index contributed by atoms with van der Waals surface area (Å²) in [5, 5.41) is 5.88. The SMILES string of the molecule is CNCCCC(=O)NCCOc1ccc(C(C)(C)C)cc1.Cl. The number of amides is 1. The summed E-state index contributed by atoms with van der Waals surface area (Å²) in [7, 11) is 1.89. The quantitative estimate of drug-likeness (QED) is 0.721. The highest BCUT2D eigenvalue weighted by molar-refractivity contribution is 5.85. The van der Waals surface area contributed by atoms with Crippen LogP contribution in [0.2, 0.25) is 0 Å². The molecular weight excluding hydrogens is 300 g/mol. The van der Waals surface area contributed by atoms with Crippen molar-refractivity contribution in [2.24, 2.45) is 0 Å². The molecule has 126 valence electrons. The number of hydrogen-bond acceptors (Lipinski definition) is 3. The smallest absolute Gasteiger partial charge is 0.220 e. The van der Waals surface area contributed by atoms with Gasteiger partial charge in [0.1, 0.15) is 12.4 Å². The van der Waals surface area contributed by atoms with Gasteiger partial charge in [-0.3, -0.25) is 4.79 Å². The summed E-state index contributed by atoms with van der Waals surface area (Å²) in [4.78, 5) is 11.5. The second-order valence-corrected chi connectivity index (χ2v) is 6.18. The predicted octanol–water partition coefficient (Wildman–Crippen LogP) is 2.90. The van der Waals surface area contributed by atoms with Crippen LogP contribution in [0.15, 0.2) is 24.3 Å². The normalized spacial score (nSPS) is 10.7. The zero-order valence-corrected chi connectivity index (χ0v) is 14.9. The average Bonchev–Trinajstić information content (AvgIpc) is 2.43. The third-order valence-corrected chi connectivity index (χ3v) is 3.24. The maximum atomic E-state index is 11.5. The van der Waals surface area contributed by atoms with Crippen molar-refractivity contribution in [1.29, 1.82) is 0 Å². The second-order valence-electron chi connectivity index (χ2n) is 6.18. The number of nitrogens with one attached hydrogen (secondary N) is 2. The van der Waals surface area contributed by atoms with E-state index in [-0.39, 0.29) is 23.7 Å². The number of rotatable bonds is 8. The molecule has 1 aromatic carbocycles. The van der Waals surface area contributed by atoms with E-state index in [1.165, 1.54) is 5.56 Å². The van der Waals surface area contributed by atoms with E-state index >= 15 is 0 Å². The summed E-state index contributed by atoms with van der Waals surface area (Å²) in [6.45, 7) is 8.46. The van der Waals surface area contributed by atoms with Gasteiger partial charge in [0, 0.05) is 6.42 Å². The third kappa shape index (κ3) is 8.25. The first-order valence-corrected chi connectivity index (χ1v) is 7.58. The van der Waals surface area contributed by atoms with Gasteiger partial charge in [0.15, 0.2) is 0 Å². The van der Waals surface area contributed by atoms with Crippen LogP contribution in [0.3, 0.4) is 0 Å². The summed E-state index contributed by atoms with van der Waals surface area (Å²) in [6.07, 6.45) is 1.42. The van der Waals surface area contributed by atoms with Crippen molar-refractivity contribution in [2.45, 2.75) is 39.0 Å². The fourth-order valence-electron chi connectivity index (χ4n) is 1.92. The third-order valence-electron chi connectivity index (χ3n) is 3.24. The van der Waals surface area contributed by atoms with E-state index in [2.05, 4.69) is 43.5 Å². The van der Waals surface area contributed by atoms with Crippen LogP contribution in [0.25, 0.3) is 0 Å². The highest BCUT2D eigenvalue weighted by Gasteiger charge is 2.12. The van der Waals surface area contributed by atoms with Gasteiger partial charge in [-0.25, -0.2) is 0 Å². The molecule has 0 saturated carbocycles. The van der Waals surface area contributed by atoms with Crippen LogP contribution in [0.1, 0.15) is 39.2 Å². The van der Waals surface area contributed by atoms with Crippen LogP contribution in [0, 0.1) is 0 Å². The Balaban J connectivity index is 0.00000441. The Labute approximate surface area is 140 Å². The molecule has 0 spiro atoms. The standard InChI is InChI=1S/C17H28N2O2.ClH/c1-17(2,3)14-7-9-15(10-8-14)21-13-12-19-16(20)6-5-11-18-4;/h7-10,18H,5-6,11-13H2,1-4H3,(H,19,20);1H. The first-order chi connectivity index (χ1) is 9.93. The van der Waals surface area contributed by atoms with Crippen LogP contribution >= 0.6 is 12.4 Å². The number of halogens is 1. The van der Waals surface area contributed by atoms with Crippen molar-refractivity contribution < 1.29 is 9.53 Å². The highest BCUT2D eigenvalue weighted by atomic mass is 35.5. The molecule has 5 heteroatoms. The van der Waals surface area contributed by atoms with Crippen LogP contribution in [-0.2, 0) is 10.2 Å². The van der Waals surface area contributed by atoms with E-state index in [0.717, 1.165) is 18.7 Å². The van der Waals surface area contributed by atoms with Gasteiger partial charge in [-0.15, -0.1) is 12.4 Å². The van der Waals surface area contributed by atoms with Gasteiger partial charge in [0.2, 0.25) is 5.91 Å². The lowest BCUT2D eigenvalue weighted by Gasteiger charge is -2.19. The Morgan fingerprint density at radius 3 is 2.32 bits per heavy atom. The van der Waals surface area contributed by atoms with Crippen LogP contribution in [-0.4, -0.2) is 32.7 Å². The van der Waals surface area contributed by atoms with Crippen molar-refractivity contribution in [3.8, 4) is 5.75 Å². The lowest BCUT2D eigenvalue weighted by molar-refractivity contribution is -0.121. The molecule has 1 amide bonds. The minimum atomic E-state index is 0. The molecule has 2 N–H and O–H groups in total. The molecule has 4 nitrogen and oxygen atoms in total. The van der Waals surface area contributed by atoms with Gasteiger partial charge >= 0.3 is 0 Å². The number of ether oxygens (including phenoxy) is 1. The summed E-state index contributed by atoms with van der Waals surface area (Å²) in [6, 6.07) is 8.14. The molecular formula is C17H29ClN2O2. The minimum absolute atomic E-state index is 0. The van der Waals surface area contributed by atoms with Crippen LogP contribution in [0.4, 0.5) is 0 Å². The predicted molar refractivity (Wildman–Crippen MR) is 94.1 cm³/mol. The van der Waals surface area contributed by atoms with E-state index in [1.807, 2.05) is 19.2 Å². The van der Waals surface area contributed by atoms with Gasteiger partial charge in [0.25, 0.3) is 0 Å². The minimum Gasteiger partial charge on any atom is -0.492 e. The van der Waals surface area contributed by atoms with E-state index < -0.39 is 0 Å². The van der Waals surface area contributed by atoms with Gasteiger partial charge in [-0.1, -0.05) is 32.9 Å². The van der Waals surface area contributed by atoms with Crippen molar-refractivity contribution in [3.63, 3.8) is 0 Å². The molecule has 1 rings (SSSR count). The first-order valence-electron chi connectivity index (χ1n) is 7.58. The molecule has 0 bridgehead atoms. The van der Waals surface area contributed by atoms with Gasteiger partial charge in [-0.2, -0.15) is 0 Å². The maximum Gasteiger partial charge on any atom is 0.220 e. The lowest BCUT2D eigenvalue weighted by Crippen LogP contribution is -2.28. The average molecular weight is 329 g/mol. The molecule has 0 heterocycles. The fourth-order valence-corrected chi connectivity index (χ4v) is 1.92. The second kappa shape index (κ2) is 10.5. The summed E-state index contributed by atoms with van der Waals surface area (Å²) < 4.78 is 5.62. The molecule has 0 atom stereocenters. The van der Waals surface area contributed by atoms with Gasteiger partial charge in [-0.05, 0) is 43.1 Å². The summed E-state index contributed by atoms with van der Waals surface area (Å²) in [5.74, 6) is 0.921. The molecule has 0 radical (unpaired) electrons. The molecule has 0 aliphatic carbocycles. The van der Waals surface area contributed by atoms with Crippen molar-refractivity contribution in [2.75, 3.05) is 26.7 Å². The molecule has 0 aromatic heterocycles. The summed E-state index contributed by atoms with van der Waals surface area (Å²) in [5.41, 5.74) is 1.44. The van der Waals surface area contributed by atoms with Gasteiger partial charge < -0.3 is 15.4 Å². The van der Waals surface area contributed by atoms with E-state index in [4.69, 9.17) is 4.74 Å². The highest BCUT2D eigenvalue weighted by Crippen LogP contribution is 2.24. The summed E-state index contributed by atoms with van der Waals surface area (Å²) >= 11 is 0. The number of carbonyl (C=O) groups is 1. The Kier molecular flexibility index (Phi) is 9.86. The molecule has 0 fully saturated rings. The Bertz CT molecular complexity index is 427. The van der Waals surface area contributed by atoms with Crippen molar-refractivity contribution in [1.82, 2.24) is 10.6 Å². The fraction of sp³-hybridized carbons (Fsp3) is 0.588. The molecule has 0 aliphatic heterocycles. The maximum absolute atomic E-state index is 11.5. The molecule has 0 saturated heterocycles. The Morgan fingerprint density at radius 1 is 1.14 bits per heavy atom. The van der Waals surface area contributed by atoms with Crippen LogP contribution in [0.5, 0.6) is 5.75 Å². The van der Waals surface area contributed by atoms with E-state index in [0.29, 0.717) is 19.6 Å². The van der Waals surface area contributed by atoms with Crippen molar-refractivity contribution >= 4 is 18.3 Å². The number of hydrogen-bond donors (Lipinski definition) is 2. The first kappa shape index (κ1) is 20.7. The zero-order valence-electron chi connectivity index (χ0n) is 14.1. The lowest BCUT2D eigenvalue weighted by atomic mass is 9.87. The largest absolute Gasteiger partial charge is 0.492 e. The zero-order chi connectivity index (χ0) is 15.7.